The van der Waals surface area contributed by atoms with Gasteiger partial charge in [0.25, 0.3) is 0 Å². The van der Waals surface area contributed by atoms with Crippen LogP contribution in [0.5, 0.6) is 5.75 Å². The Morgan fingerprint density at radius 3 is 3.16 bits per heavy atom. The van der Waals surface area contributed by atoms with Gasteiger partial charge in [0, 0.05) is 24.8 Å². The van der Waals surface area contributed by atoms with Gasteiger partial charge in [0.05, 0.1) is 4.92 Å². The number of pyridine rings is 1. The molecule has 1 saturated heterocycles. The number of piperidine rings is 1. The van der Waals surface area contributed by atoms with Gasteiger partial charge in [-0.05, 0) is 19.4 Å². The number of nitrogens with one attached hydrogen (secondary N) is 2. The highest BCUT2D eigenvalue weighted by molar-refractivity contribution is 5.72. The zero-order chi connectivity index (χ0) is 13.7. The molecule has 8 nitrogen and oxygen atoms in total. The second-order valence-corrected chi connectivity index (χ2v) is 4.18. The molecule has 1 aliphatic rings. The molecule has 2 N–H and O–H groups in total. The quantitative estimate of drug-likeness (QED) is 0.620. The molecule has 2 heterocycles. The van der Waals surface area contributed by atoms with Crippen LogP contribution < -0.4 is 15.4 Å². The predicted molar refractivity (Wildman–Crippen MR) is 65.9 cm³/mol. The summed E-state index contributed by atoms with van der Waals surface area (Å²) in [4.78, 5) is 25.4. The lowest BCUT2D eigenvalue weighted by Gasteiger charge is -2.23. The fraction of sp³-hybridized carbons (Fsp3) is 0.455. The van der Waals surface area contributed by atoms with Gasteiger partial charge in [-0.2, -0.15) is 0 Å². The predicted octanol–water partition coefficient (Wildman–Crippen LogP) is 0.830. The molecule has 102 valence electrons. The van der Waals surface area contributed by atoms with Crippen LogP contribution in [-0.2, 0) is 0 Å². The third-order valence-corrected chi connectivity index (χ3v) is 2.78. The Morgan fingerprint density at radius 2 is 2.47 bits per heavy atom. The van der Waals surface area contributed by atoms with Crippen LogP contribution in [0.15, 0.2) is 18.5 Å². The summed E-state index contributed by atoms with van der Waals surface area (Å²) in [5, 5.41) is 16.5. The monoisotopic (exact) mass is 266 g/mol. The minimum absolute atomic E-state index is 0.0119. The number of amides is 1. The minimum Gasteiger partial charge on any atom is -0.403 e. The summed E-state index contributed by atoms with van der Waals surface area (Å²) in [5.74, 6) is -0.110. The summed E-state index contributed by atoms with van der Waals surface area (Å²) in [6.45, 7) is 1.61. The van der Waals surface area contributed by atoms with Gasteiger partial charge in [-0.3, -0.25) is 15.1 Å². The zero-order valence-corrected chi connectivity index (χ0v) is 10.2. The van der Waals surface area contributed by atoms with E-state index < -0.39 is 11.0 Å². The van der Waals surface area contributed by atoms with E-state index in [0.29, 0.717) is 6.54 Å². The molecule has 1 unspecified atom stereocenters. The second-order valence-electron chi connectivity index (χ2n) is 4.18. The average molecular weight is 266 g/mol. The van der Waals surface area contributed by atoms with E-state index in [1.54, 1.807) is 0 Å². The molecule has 1 aromatic rings. The lowest BCUT2D eigenvalue weighted by atomic mass is 10.1. The van der Waals surface area contributed by atoms with Gasteiger partial charge in [0.1, 0.15) is 6.20 Å². The molecule has 1 amide bonds. The van der Waals surface area contributed by atoms with Crippen molar-refractivity contribution in [3.05, 3.63) is 28.6 Å². The van der Waals surface area contributed by atoms with E-state index in [-0.39, 0.29) is 17.5 Å². The van der Waals surface area contributed by atoms with E-state index in [4.69, 9.17) is 4.74 Å². The number of carbonyl (C=O) groups is 1. The van der Waals surface area contributed by atoms with Crippen molar-refractivity contribution in [1.29, 1.82) is 0 Å². The molecule has 0 bridgehead atoms. The van der Waals surface area contributed by atoms with Crippen LogP contribution in [0.3, 0.4) is 0 Å². The lowest BCUT2D eigenvalue weighted by molar-refractivity contribution is -0.385. The standard InChI is InChI=1S/C11H14N4O4/c16-11(14-8-2-1-4-12-6-8)19-10-3-5-13-7-9(10)15(17)18/h3,5,7-8,12H,1-2,4,6H2,(H,14,16). The topological polar surface area (TPSA) is 106 Å². The third-order valence-electron chi connectivity index (χ3n) is 2.78. The molecule has 2 rings (SSSR count). The highest BCUT2D eigenvalue weighted by atomic mass is 16.6. The molecule has 8 heteroatoms. The summed E-state index contributed by atoms with van der Waals surface area (Å²) in [6, 6.07) is 1.28. The number of carbonyl (C=O) groups excluding carboxylic acids is 1. The third kappa shape index (κ3) is 3.62. The van der Waals surface area contributed by atoms with Gasteiger partial charge >= 0.3 is 11.8 Å². The molecule has 0 spiro atoms. The van der Waals surface area contributed by atoms with Crippen molar-refractivity contribution in [3.63, 3.8) is 0 Å². The largest absolute Gasteiger partial charge is 0.413 e. The summed E-state index contributed by atoms with van der Waals surface area (Å²) >= 11 is 0. The second kappa shape index (κ2) is 6.10. The Hall–Kier alpha value is -2.22. The van der Waals surface area contributed by atoms with E-state index >= 15 is 0 Å². The van der Waals surface area contributed by atoms with E-state index in [0.717, 1.165) is 25.6 Å². The van der Waals surface area contributed by atoms with Crippen LogP contribution in [-0.4, -0.2) is 35.1 Å². The Morgan fingerprint density at radius 1 is 1.63 bits per heavy atom. The van der Waals surface area contributed by atoms with Gasteiger partial charge in [0.15, 0.2) is 0 Å². The van der Waals surface area contributed by atoms with Crippen molar-refractivity contribution in [2.45, 2.75) is 18.9 Å². The maximum absolute atomic E-state index is 11.7. The van der Waals surface area contributed by atoms with Crippen molar-refractivity contribution in [1.82, 2.24) is 15.6 Å². The average Bonchev–Trinajstić information content (AvgIpc) is 2.40. The molecule has 1 fully saturated rings. The Balaban J connectivity index is 1.96. The van der Waals surface area contributed by atoms with E-state index in [9.17, 15) is 14.9 Å². The first kappa shape index (κ1) is 13.2. The van der Waals surface area contributed by atoms with Crippen LogP contribution in [0.1, 0.15) is 12.8 Å². The molecular weight excluding hydrogens is 252 g/mol. The highest BCUT2D eigenvalue weighted by Gasteiger charge is 2.20. The molecule has 19 heavy (non-hydrogen) atoms. The maximum atomic E-state index is 11.7. The van der Waals surface area contributed by atoms with Crippen LogP contribution >= 0.6 is 0 Å². The SMILES string of the molecule is O=C(NC1CCCNC1)Oc1ccncc1[N+](=O)[O-]. The van der Waals surface area contributed by atoms with E-state index in [2.05, 4.69) is 15.6 Å². The van der Waals surface area contributed by atoms with Crippen molar-refractivity contribution in [3.8, 4) is 5.75 Å². The van der Waals surface area contributed by atoms with Gasteiger partial charge in [-0.1, -0.05) is 0 Å². The van der Waals surface area contributed by atoms with Crippen LogP contribution in [0, 0.1) is 10.1 Å². The normalized spacial score (nSPS) is 18.6. The van der Waals surface area contributed by atoms with Gasteiger partial charge < -0.3 is 15.4 Å². The number of hydrogen-bond donors (Lipinski definition) is 2. The van der Waals surface area contributed by atoms with Gasteiger partial charge in [0.2, 0.25) is 5.75 Å². The smallest absolute Gasteiger partial charge is 0.403 e. The van der Waals surface area contributed by atoms with Gasteiger partial charge in [-0.15, -0.1) is 0 Å². The van der Waals surface area contributed by atoms with Crippen LogP contribution in [0.2, 0.25) is 0 Å². The number of nitrogens with zero attached hydrogens (tertiary/aromatic N) is 2. The first-order valence-electron chi connectivity index (χ1n) is 5.94. The molecular formula is C11H14N4O4. The Bertz CT molecular complexity index is 474. The summed E-state index contributed by atoms with van der Waals surface area (Å²) in [6.07, 6.45) is 3.52. The summed E-state index contributed by atoms with van der Waals surface area (Å²) in [5.41, 5.74) is -0.334. The fourth-order valence-corrected chi connectivity index (χ4v) is 1.87. The first-order chi connectivity index (χ1) is 9.16. The van der Waals surface area contributed by atoms with Crippen molar-refractivity contribution < 1.29 is 14.5 Å². The van der Waals surface area contributed by atoms with Crippen LogP contribution in [0.25, 0.3) is 0 Å². The summed E-state index contributed by atoms with van der Waals surface area (Å²) in [7, 11) is 0. The number of nitro groups is 1. The number of rotatable bonds is 3. The van der Waals surface area contributed by atoms with Crippen LogP contribution in [0.4, 0.5) is 10.5 Å². The van der Waals surface area contributed by atoms with E-state index in [1.807, 2.05) is 0 Å². The molecule has 1 aromatic heterocycles. The Labute approximate surface area is 109 Å². The van der Waals surface area contributed by atoms with Gasteiger partial charge in [-0.25, -0.2) is 4.79 Å². The Kier molecular flexibility index (Phi) is 4.24. The molecule has 0 radical (unpaired) electrons. The van der Waals surface area contributed by atoms with E-state index in [1.165, 1.54) is 12.3 Å². The van der Waals surface area contributed by atoms with Crippen molar-refractivity contribution in [2.75, 3.05) is 13.1 Å². The minimum atomic E-state index is -0.692. The maximum Gasteiger partial charge on any atom is 0.413 e. The lowest BCUT2D eigenvalue weighted by Crippen LogP contribution is -2.46. The summed E-state index contributed by atoms with van der Waals surface area (Å²) < 4.78 is 4.95. The molecule has 0 aromatic carbocycles. The zero-order valence-electron chi connectivity index (χ0n) is 10.2. The molecule has 0 saturated carbocycles. The first-order valence-corrected chi connectivity index (χ1v) is 5.94. The number of aromatic nitrogens is 1. The molecule has 0 aliphatic carbocycles. The van der Waals surface area contributed by atoms with Crippen molar-refractivity contribution >= 4 is 11.8 Å². The highest BCUT2D eigenvalue weighted by Crippen LogP contribution is 2.24. The molecule has 1 aliphatic heterocycles. The van der Waals surface area contributed by atoms with Crippen molar-refractivity contribution in [2.24, 2.45) is 0 Å². The molecule has 1 atom stereocenters. The number of hydrogen-bond acceptors (Lipinski definition) is 6. The fourth-order valence-electron chi connectivity index (χ4n) is 1.87. The number of ether oxygens (including phenoxy) is 1.